The van der Waals surface area contributed by atoms with Gasteiger partial charge in [-0.2, -0.15) is 0 Å². The second-order valence-corrected chi connectivity index (χ2v) is 22.5. The number of benzene rings is 12. The van der Waals surface area contributed by atoms with Crippen molar-refractivity contribution in [3.8, 4) is 28.6 Å². The maximum Gasteiger partial charge on any atom is 0.338 e. The van der Waals surface area contributed by atoms with Gasteiger partial charge in [0.15, 0.2) is 0 Å². The molecule has 760 valence electrons. The number of aryl methyl sites for hydroxylation is 1. The van der Waals surface area contributed by atoms with E-state index < -0.39 is 17.9 Å². The van der Waals surface area contributed by atoms with Crippen molar-refractivity contribution >= 4 is 95.6 Å². The Morgan fingerprint density at radius 2 is 0.500 bits per heavy atom. The van der Waals surface area contributed by atoms with E-state index in [1.54, 1.807) is 43.3 Å². The summed E-state index contributed by atoms with van der Waals surface area (Å²) in [6, 6.07) is 106. The van der Waals surface area contributed by atoms with Crippen LogP contribution in [0.3, 0.4) is 0 Å². The van der Waals surface area contributed by atoms with Gasteiger partial charge in [-0.05, 0) is 183 Å². The number of ether oxygens (including phenoxy) is 3. The van der Waals surface area contributed by atoms with Crippen LogP contribution in [-0.2, 0) is 20.8 Å². The van der Waals surface area contributed by atoms with Crippen LogP contribution in [0.25, 0.3) is 55.0 Å². The number of carbonyl (C=O) groups excluding carboxylic acids is 3. The molecule has 14 aromatic rings. The third-order valence-electron chi connectivity index (χ3n) is 15.9. The number of nitrogens with zero attached hydrogens (tertiary/aromatic N) is 4. The minimum Gasteiger partial charge on any atom is -0.423 e. The highest BCUT2D eigenvalue weighted by atomic mass is 16.5. The number of carbonyl (C=O) groups is 3. The third kappa shape index (κ3) is 53.5. The van der Waals surface area contributed by atoms with Crippen molar-refractivity contribution in [2.45, 2.75) is 297 Å². The molecule has 0 unspecified atom stereocenters. The summed E-state index contributed by atoms with van der Waals surface area (Å²) in [7, 11) is 0. The van der Waals surface area contributed by atoms with Crippen LogP contribution in [0.2, 0.25) is 0 Å². The smallest absolute Gasteiger partial charge is 0.338 e. The SMILES string of the molecule is C=C(C)C(=O)Oc1ccc(N(c2ccccc2)c2ccccc2)cc1.C=C/C=C/CCc1cccc(-n2c3ccccc3c3ccccc32)c1.C=CC(=O)Oc1ccc(-n2c3ccccc3c3ccccc32)cc1.C=CC(=O)Oc1ccc(N(c2ccccc2)c2ccccc2)cc1.CC.CC.CC.CC.CC.CC.CC.CC.CC.CC.CC.CC.CC.CC.CC.CC.CC.CC.CC.CC. The first kappa shape index (κ1) is 145. The Hall–Kier alpha value is -13.1. The van der Waals surface area contributed by atoms with Gasteiger partial charge in [-0.15, -0.1) is 0 Å². The molecule has 0 radical (unpaired) electrons. The van der Waals surface area contributed by atoms with E-state index in [2.05, 4.69) is 209 Å². The lowest BCUT2D eigenvalue weighted by atomic mass is 10.1. The van der Waals surface area contributed by atoms with Crippen LogP contribution in [0.15, 0.2) is 378 Å². The van der Waals surface area contributed by atoms with E-state index in [1.165, 1.54) is 43.8 Å². The number of rotatable bonds is 18. The number of hydrogen-bond donors (Lipinski definition) is 0. The maximum atomic E-state index is 11.6. The van der Waals surface area contributed by atoms with E-state index in [-0.39, 0.29) is 0 Å². The maximum absolute atomic E-state index is 11.6. The lowest BCUT2D eigenvalue weighted by Gasteiger charge is -2.25. The van der Waals surface area contributed by atoms with E-state index in [1.807, 2.05) is 410 Å². The summed E-state index contributed by atoms with van der Waals surface area (Å²) in [6.07, 6.45) is 10.4. The number of esters is 3. The molecule has 0 aliphatic heterocycles. The number of allylic oxidation sites excluding steroid dienone is 3. The van der Waals surface area contributed by atoms with Crippen LogP contribution in [0.5, 0.6) is 17.2 Å². The number of aromatic nitrogens is 2. The molecular weight excluding hydrogens is 1690 g/mol. The molecule has 0 atom stereocenters. The molecule has 0 saturated carbocycles. The van der Waals surface area contributed by atoms with Crippen LogP contribution in [0.4, 0.5) is 34.1 Å². The highest BCUT2D eigenvalue weighted by molar-refractivity contribution is 6.10. The number of para-hydroxylation sites is 8. The van der Waals surface area contributed by atoms with Crippen LogP contribution >= 0.6 is 0 Å². The van der Waals surface area contributed by atoms with Crippen molar-refractivity contribution in [3.63, 3.8) is 0 Å². The highest BCUT2D eigenvalue weighted by Gasteiger charge is 2.17. The molecule has 14 rings (SSSR count). The van der Waals surface area contributed by atoms with Gasteiger partial charge in [0.25, 0.3) is 0 Å². The zero-order valence-electron chi connectivity index (χ0n) is 94.4. The Morgan fingerprint density at radius 1 is 0.268 bits per heavy atom. The van der Waals surface area contributed by atoms with Crippen molar-refractivity contribution in [3.05, 3.63) is 383 Å². The molecule has 2 aromatic heterocycles. The molecule has 10 nitrogen and oxygen atoms in total. The standard InChI is InChI=1S/C24H21N.C22H19NO2.C21H15NO2.C21H17NO2.20C2H6/c1-2-3-4-5-11-19-12-10-13-20(18-19)25-23-16-8-6-14-21(23)22-15-7-9-17-24(22)25;1-17(2)22(24)25-21-15-13-20(14-16-21)23(18-9-5-3-6-10-18)19-11-7-4-8-12-19;1-2-21(23)24-16-13-11-15(12-14-16)22-19-9-5-3-7-17(19)18-8-4-6-10-20(18)22;1-2-21(23)24-20-15-13-19(14-16-20)22(17-9-5-3-6-10-17)18-11-7-4-8-12-18;20*1-2/h2-4,6-10,12-18H,1,5,11H2;3-16H,1H2,2H3;2-14H,1H2;2-16H,1H2;20*1-2H3/b4-3+;;;;;;;;;;;;;;;;;;;;;;;. The minimum absolute atomic E-state index is 0.374. The van der Waals surface area contributed by atoms with Crippen molar-refractivity contribution in [1.29, 1.82) is 0 Å². The van der Waals surface area contributed by atoms with Crippen molar-refractivity contribution in [1.82, 2.24) is 9.13 Å². The van der Waals surface area contributed by atoms with E-state index in [0.717, 1.165) is 75.8 Å². The predicted octanol–water partition coefficient (Wildman–Crippen LogP) is 42.7. The van der Waals surface area contributed by atoms with Crippen molar-refractivity contribution in [2.75, 3.05) is 9.80 Å². The van der Waals surface area contributed by atoms with Crippen LogP contribution in [-0.4, -0.2) is 27.0 Å². The summed E-state index contributed by atoms with van der Waals surface area (Å²) < 4.78 is 20.1. The fourth-order valence-electron chi connectivity index (χ4n) is 11.4. The summed E-state index contributed by atoms with van der Waals surface area (Å²) in [5, 5.41) is 5.04. The number of fused-ring (bicyclic) bond motifs is 6. The van der Waals surface area contributed by atoms with Gasteiger partial charge in [-0.25, -0.2) is 14.4 Å². The average molecular weight is 1880 g/mol. The summed E-state index contributed by atoms with van der Waals surface area (Å²) >= 11 is 0. The molecule has 0 saturated heterocycles. The molecule has 0 bridgehead atoms. The lowest BCUT2D eigenvalue weighted by Crippen LogP contribution is -2.10. The van der Waals surface area contributed by atoms with Gasteiger partial charge in [0.2, 0.25) is 0 Å². The first-order chi connectivity index (χ1) is 68.1. The largest absolute Gasteiger partial charge is 0.423 e. The zero-order valence-corrected chi connectivity index (χ0v) is 94.4. The summed E-state index contributed by atoms with van der Waals surface area (Å²) in [5.74, 6) is 0.146. The topological polar surface area (TPSA) is 95.2 Å². The molecule has 10 heteroatoms. The molecule has 0 fully saturated rings. The first-order valence-electron chi connectivity index (χ1n) is 52.1. The molecular formula is C128H192N4O6. The molecule has 12 aromatic carbocycles. The van der Waals surface area contributed by atoms with E-state index >= 15 is 0 Å². The molecule has 0 spiro atoms. The highest BCUT2D eigenvalue weighted by Crippen LogP contribution is 2.38. The van der Waals surface area contributed by atoms with Gasteiger partial charge < -0.3 is 33.1 Å². The Morgan fingerprint density at radius 3 is 0.754 bits per heavy atom. The Kier molecular flexibility index (Phi) is 112. The van der Waals surface area contributed by atoms with E-state index in [4.69, 9.17) is 14.2 Å². The second kappa shape index (κ2) is 106. The summed E-state index contributed by atoms with van der Waals surface area (Å²) in [4.78, 5) is 38.5. The normalized spacial score (nSPS) is 8.41. The van der Waals surface area contributed by atoms with Crippen LogP contribution in [0, 0.1) is 0 Å². The average Bonchev–Trinajstić information content (AvgIpc) is 1.60. The Bertz CT molecular complexity index is 4900. The number of hydrogen-bond acceptors (Lipinski definition) is 8. The monoisotopic (exact) mass is 1880 g/mol. The second-order valence-electron chi connectivity index (χ2n) is 22.5. The molecule has 0 aliphatic rings. The third-order valence-corrected chi connectivity index (χ3v) is 15.9. The van der Waals surface area contributed by atoms with Crippen LogP contribution in [0.1, 0.15) is 296 Å². The van der Waals surface area contributed by atoms with Crippen molar-refractivity contribution in [2.24, 2.45) is 0 Å². The van der Waals surface area contributed by atoms with Gasteiger partial charge in [0.1, 0.15) is 17.2 Å². The van der Waals surface area contributed by atoms with Crippen LogP contribution < -0.4 is 24.0 Å². The molecule has 0 amide bonds. The van der Waals surface area contributed by atoms with Crippen molar-refractivity contribution < 1.29 is 28.6 Å². The van der Waals surface area contributed by atoms with Gasteiger partial charge in [-0.1, -0.05) is 479 Å². The van der Waals surface area contributed by atoms with E-state index in [0.29, 0.717) is 22.8 Å². The molecule has 0 N–H and O–H groups in total. The molecule has 138 heavy (non-hydrogen) atoms. The minimum atomic E-state index is -0.467. The zero-order chi connectivity index (χ0) is 108. The first-order valence-corrected chi connectivity index (χ1v) is 52.1. The summed E-state index contributed by atoms with van der Waals surface area (Å²) in [5.41, 5.74) is 15.0. The predicted molar refractivity (Wildman–Crippen MR) is 631 cm³/mol. The van der Waals surface area contributed by atoms with Gasteiger partial charge in [-0.3, -0.25) is 0 Å². The Labute approximate surface area is 846 Å². The molecule has 0 aliphatic carbocycles. The molecule has 2 heterocycles. The number of anilines is 6. The fourth-order valence-corrected chi connectivity index (χ4v) is 11.4. The lowest BCUT2D eigenvalue weighted by molar-refractivity contribution is -0.130. The van der Waals surface area contributed by atoms with E-state index in [9.17, 15) is 14.4 Å². The van der Waals surface area contributed by atoms with Gasteiger partial charge in [0.05, 0.1) is 22.1 Å². The summed E-state index contributed by atoms with van der Waals surface area (Å²) in [6.45, 7) is 95.7. The van der Waals surface area contributed by atoms with Gasteiger partial charge in [0, 0.05) is 84.8 Å². The Balaban J connectivity index is -0.000000176. The quantitative estimate of drug-likeness (QED) is 0.0363. The van der Waals surface area contributed by atoms with Gasteiger partial charge >= 0.3 is 17.9 Å². The fraction of sp³-hybridized carbons (Fsp3) is 0.336.